The molecule has 5 nitrogen and oxygen atoms in total. The van der Waals surface area contributed by atoms with Crippen LogP contribution in [0, 0.1) is 6.92 Å². The van der Waals surface area contributed by atoms with Crippen molar-refractivity contribution in [2.75, 3.05) is 18.4 Å². The number of rotatable bonds is 3. The van der Waals surface area contributed by atoms with Crippen LogP contribution in [0.25, 0.3) is 0 Å². The molecule has 0 bridgehead atoms. The van der Waals surface area contributed by atoms with Crippen molar-refractivity contribution in [3.05, 3.63) is 39.8 Å². The SMILES string of the molecule is CCc1nnc(C2CCN(C(=O)Nc3ccc(C)cc3)CC2)s1. The maximum atomic E-state index is 12.3. The van der Waals surface area contributed by atoms with E-state index in [0.29, 0.717) is 5.92 Å². The summed E-state index contributed by atoms with van der Waals surface area (Å²) in [5.41, 5.74) is 2.03. The Morgan fingerprint density at radius 1 is 1.26 bits per heavy atom. The first-order valence-corrected chi connectivity index (χ1v) is 8.92. The Balaban J connectivity index is 1.53. The van der Waals surface area contributed by atoms with Crippen LogP contribution >= 0.6 is 11.3 Å². The molecule has 3 rings (SSSR count). The number of carbonyl (C=O) groups excluding carboxylic acids is 1. The normalized spacial score (nSPS) is 15.7. The van der Waals surface area contributed by atoms with E-state index in [9.17, 15) is 4.79 Å². The smallest absolute Gasteiger partial charge is 0.321 e. The maximum absolute atomic E-state index is 12.3. The standard InChI is InChI=1S/C17H22N4OS/c1-3-15-19-20-16(23-15)13-8-10-21(11-9-13)17(22)18-14-6-4-12(2)5-7-14/h4-7,13H,3,8-11H2,1-2H3,(H,18,22). The van der Waals surface area contributed by atoms with Crippen LogP contribution in [0.1, 0.15) is 41.3 Å². The average molecular weight is 330 g/mol. The third-order valence-electron chi connectivity index (χ3n) is 4.22. The van der Waals surface area contributed by atoms with Crippen molar-refractivity contribution < 1.29 is 4.79 Å². The summed E-state index contributed by atoms with van der Waals surface area (Å²) in [6.45, 7) is 5.67. The molecule has 6 heteroatoms. The summed E-state index contributed by atoms with van der Waals surface area (Å²) in [5, 5.41) is 13.7. The van der Waals surface area contributed by atoms with Crippen molar-refractivity contribution in [1.29, 1.82) is 0 Å². The maximum Gasteiger partial charge on any atom is 0.321 e. The fraction of sp³-hybridized carbons (Fsp3) is 0.471. The highest BCUT2D eigenvalue weighted by molar-refractivity contribution is 7.11. The number of amides is 2. The lowest BCUT2D eigenvalue weighted by atomic mass is 9.98. The van der Waals surface area contributed by atoms with Gasteiger partial charge in [-0.15, -0.1) is 21.5 Å². The molecule has 0 unspecified atom stereocenters. The number of anilines is 1. The quantitative estimate of drug-likeness (QED) is 0.930. The zero-order valence-electron chi connectivity index (χ0n) is 13.6. The molecule has 1 aliphatic heterocycles. The van der Waals surface area contributed by atoms with Crippen LogP contribution < -0.4 is 5.32 Å². The van der Waals surface area contributed by atoms with Crippen molar-refractivity contribution >= 4 is 23.1 Å². The van der Waals surface area contributed by atoms with Gasteiger partial charge in [-0.25, -0.2) is 4.79 Å². The van der Waals surface area contributed by atoms with E-state index in [4.69, 9.17) is 0 Å². The van der Waals surface area contributed by atoms with Gasteiger partial charge in [-0.05, 0) is 38.3 Å². The van der Waals surface area contributed by atoms with E-state index >= 15 is 0 Å². The number of hydrogen-bond acceptors (Lipinski definition) is 4. The van der Waals surface area contributed by atoms with Crippen molar-refractivity contribution in [1.82, 2.24) is 15.1 Å². The van der Waals surface area contributed by atoms with Gasteiger partial charge in [0.15, 0.2) is 0 Å². The topological polar surface area (TPSA) is 58.1 Å². The van der Waals surface area contributed by atoms with Gasteiger partial charge in [-0.3, -0.25) is 0 Å². The highest BCUT2D eigenvalue weighted by atomic mass is 32.1. The number of hydrogen-bond donors (Lipinski definition) is 1. The molecule has 2 amide bonds. The molecule has 0 spiro atoms. The fourth-order valence-corrected chi connectivity index (χ4v) is 3.69. The lowest BCUT2D eigenvalue weighted by molar-refractivity contribution is 0.194. The van der Waals surface area contributed by atoms with Crippen LogP contribution in [0.5, 0.6) is 0 Å². The van der Waals surface area contributed by atoms with Crippen LogP contribution in [-0.2, 0) is 6.42 Å². The van der Waals surface area contributed by atoms with E-state index < -0.39 is 0 Å². The van der Waals surface area contributed by atoms with E-state index in [0.717, 1.165) is 48.1 Å². The molecule has 1 aliphatic rings. The Morgan fingerprint density at radius 3 is 2.57 bits per heavy atom. The highest BCUT2D eigenvalue weighted by Crippen LogP contribution is 2.30. The number of benzene rings is 1. The monoisotopic (exact) mass is 330 g/mol. The van der Waals surface area contributed by atoms with Gasteiger partial charge in [-0.2, -0.15) is 0 Å². The third-order valence-corrected chi connectivity index (χ3v) is 5.45. The second-order valence-corrected chi connectivity index (χ2v) is 7.04. The van der Waals surface area contributed by atoms with Crippen LogP contribution in [0.3, 0.4) is 0 Å². The van der Waals surface area contributed by atoms with E-state index in [1.165, 1.54) is 5.56 Å². The Labute approximate surface area is 140 Å². The molecular weight excluding hydrogens is 308 g/mol. The summed E-state index contributed by atoms with van der Waals surface area (Å²) in [6, 6.07) is 7.87. The van der Waals surface area contributed by atoms with Gasteiger partial charge in [0, 0.05) is 24.7 Å². The van der Waals surface area contributed by atoms with E-state index in [1.807, 2.05) is 36.1 Å². The van der Waals surface area contributed by atoms with E-state index in [2.05, 4.69) is 22.4 Å². The van der Waals surface area contributed by atoms with Gasteiger partial charge < -0.3 is 10.2 Å². The van der Waals surface area contributed by atoms with Crippen LogP contribution in [0.2, 0.25) is 0 Å². The Morgan fingerprint density at radius 2 is 1.96 bits per heavy atom. The van der Waals surface area contributed by atoms with Crippen molar-refractivity contribution in [2.45, 2.75) is 39.0 Å². The Bertz CT molecular complexity index is 659. The van der Waals surface area contributed by atoms with Crippen LogP contribution in [-0.4, -0.2) is 34.2 Å². The van der Waals surface area contributed by atoms with Gasteiger partial charge in [0.2, 0.25) is 0 Å². The second-order valence-electron chi connectivity index (χ2n) is 5.95. The van der Waals surface area contributed by atoms with Gasteiger partial charge in [-0.1, -0.05) is 24.6 Å². The zero-order valence-corrected chi connectivity index (χ0v) is 14.4. The molecule has 1 aromatic carbocycles. The number of piperidine rings is 1. The number of likely N-dealkylation sites (tertiary alicyclic amines) is 1. The van der Waals surface area contributed by atoms with Crippen molar-refractivity contribution in [2.24, 2.45) is 0 Å². The molecule has 122 valence electrons. The molecule has 0 atom stereocenters. The summed E-state index contributed by atoms with van der Waals surface area (Å²) < 4.78 is 0. The van der Waals surface area contributed by atoms with Crippen LogP contribution in [0.4, 0.5) is 10.5 Å². The number of carbonyl (C=O) groups is 1. The first-order valence-electron chi connectivity index (χ1n) is 8.10. The molecule has 1 N–H and O–H groups in total. The summed E-state index contributed by atoms with van der Waals surface area (Å²) >= 11 is 1.71. The number of aromatic nitrogens is 2. The number of urea groups is 1. The molecule has 0 aliphatic carbocycles. The Hall–Kier alpha value is -1.95. The van der Waals surface area contributed by atoms with Crippen molar-refractivity contribution in [3.8, 4) is 0 Å². The van der Waals surface area contributed by atoms with E-state index in [-0.39, 0.29) is 6.03 Å². The minimum absolute atomic E-state index is 0.0150. The number of aryl methyl sites for hydroxylation is 2. The molecule has 1 fully saturated rings. The zero-order chi connectivity index (χ0) is 16.2. The predicted octanol–water partition coefficient (Wildman–Crippen LogP) is 3.82. The number of nitrogens with zero attached hydrogens (tertiary/aromatic N) is 3. The summed E-state index contributed by atoms with van der Waals surface area (Å²) in [7, 11) is 0. The largest absolute Gasteiger partial charge is 0.324 e. The first kappa shape index (κ1) is 15.9. The average Bonchev–Trinajstić information content (AvgIpc) is 3.06. The fourth-order valence-electron chi connectivity index (χ4n) is 2.74. The van der Waals surface area contributed by atoms with Gasteiger partial charge in [0.1, 0.15) is 10.0 Å². The predicted molar refractivity (Wildman–Crippen MR) is 93.0 cm³/mol. The van der Waals surface area contributed by atoms with Crippen LogP contribution in [0.15, 0.2) is 24.3 Å². The highest BCUT2D eigenvalue weighted by Gasteiger charge is 2.26. The summed E-state index contributed by atoms with van der Waals surface area (Å²) in [6.07, 6.45) is 2.86. The second kappa shape index (κ2) is 7.08. The molecule has 0 radical (unpaired) electrons. The lowest BCUT2D eigenvalue weighted by Gasteiger charge is -2.31. The van der Waals surface area contributed by atoms with Gasteiger partial charge in [0.25, 0.3) is 0 Å². The molecule has 0 saturated carbocycles. The molecule has 23 heavy (non-hydrogen) atoms. The Kier molecular flexibility index (Phi) is 4.91. The summed E-state index contributed by atoms with van der Waals surface area (Å²) in [5.74, 6) is 0.441. The van der Waals surface area contributed by atoms with Crippen molar-refractivity contribution in [3.63, 3.8) is 0 Å². The minimum Gasteiger partial charge on any atom is -0.324 e. The molecular formula is C17H22N4OS. The van der Waals surface area contributed by atoms with Gasteiger partial charge >= 0.3 is 6.03 Å². The molecule has 2 heterocycles. The van der Waals surface area contributed by atoms with E-state index in [1.54, 1.807) is 11.3 Å². The summed E-state index contributed by atoms with van der Waals surface area (Å²) in [4.78, 5) is 14.2. The minimum atomic E-state index is -0.0150. The first-order chi connectivity index (χ1) is 11.2. The third kappa shape index (κ3) is 3.88. The number of nitrogens with one attached hydrogen (secondary N) is 1. The van der Waals surface area contributed by atoms with Gasteiger partial charge in [0.05, 0.1) is 0 Å². The molecule has 2 aromatic rings. The lowest BCUT2D eigenvalue weighted by Crippen LogP contribution is -2.40. The molecule has 1 saturated heterocycles. The molecule has 1 aromatic heterocycles.